The molecule has 17 heavy (non-hydrogen) atoms. The molecule has 1 N–H and O–H groups in total. The third kappa shape index (κ3) is 3.94. The molecule has 0 amide bonds. The Kier molecular flexibility index (Phi) is 4.76. The van der Waals surface area contributed by atoms with Crippen molar-refractivity contribution >= 4 is 11.7 Å². The minimum atomic E-state index is -0.772. The van der Waals surface area contributed by atoms with Crippen LogP contribution < -0.4 is 4.90 Å². The van der Waals surface area contributed by atoms with Gasteiger partial charge in [-0.3, -0.25) is 4.79 Å². The van der Waals surface area contributed by atoms with E-state index in [9.17, 15) is 4.79 Å². The van der Waals surface area contributed by atoms with Gasteiger partial charge in [-0.2, -0.15) is 0 Å². The topological polar surface area (TPSA) is 40.5 Å². The maximum atomic E-state index is 10.9. The lowest BCUT2D eigenvalue weighted by Crippen LogP contribution is -2.32. The molecule has 0 radical (unpaired) electrons. The zero-order chi connectivity index (χ0) is 12.8. The van der Waals surface area contributed by atoms with E-state index in [0.717, 1.165) is 5.69 Å². The van der Waals surface area contributed by atoms with E-state index in [0.29, 0.717) is 13.1 Å². The van der Waals surface area contributed by atoms with Crippen molar-refractivity contribution in [1.82, 2.24) is 0 Å². The molecule has 3 heteroatoms. The molecule has 1 atom stereocenters. The Morgan fingerprint density at radius 1 is 1.59 bits per heavy atom. The summed E-state index contributed by atoms with van der Waals surface area (Å²) < 4.78 is 0. The van der Waals surface area contributed by atoms with Crippen molar-refractivity contribution in [1.29, 1.82) is 0 Å². The van der Waals surface area contributed by atoms with E-state index in [4.69, 9.17) is 5.11 Å². The fourth-order valence-electron chi connectivity index (χ4n) is 1.67. The summed E-state index contributed by atoms with van der Waals surface area (Å²) in [5.74, 6) is -1.16. The first-order chi connectivity index (χ1) is 8.04. The summed E-state index contributed by atoms with van der Waals surface area (Å²) in [6, 6.07) is 8.05. The highest BCUT2D eigenvalue weighted by molar-refractivity contribution is 5.70. The number of benzene rings is 1. The third-order valence-corrected chi connectivity index (χ3v) is 2.63. The van der Waals surface area contributed by atoms with Gasteiger partial charge in [-0.1, -0.05) is 25.1 Å². The Bertz CT molecular complexity index is 401. The Morgan fingerprint density at radius 3 is 2.82 bits per heavy atom. The fourth-order valence-corrected chi connectivity index (χ4v) is 1.67. The van der Waals surface area contributed by atoms with Crippen molar-refractivity contribution in [2.24, 2.45) is 5.92 Å². The molecule has 0 spiro atoms. The van der Waals surface area contributed by atoms with Gasteiger partial charge < -0.3 is 10.0 Å². The highest BCUT2D eigenvalue weighted by atomic mass is 16.4. The minimum Gasteiger partial charge on any atom is -0.481 e. The van der Waals surface area contributed by atoms with E-state index in [2.05, 4.69) is 12.6 Å². The molecule has 0 saturated heterocycles. The number of rotatable bonds is 6. The summed E-state index contributed by atoms with van der Waals surface area (Å²) in [7, 11) is 0. The Hall–Kier alpha value is -1.77. The Morgan fingerprint density at radius 2 is 2.29 bits per heavy atom. The lowest BCUT2D eigenvalue weighted by atomic mass is 10.1. The number of carboxylic acids is 1. The fraction of sp³-hybridized carbons (Fsp3) is 0.357. The largest absolute Gasteiger partial charge is 0.481 e. The number of carbonyl (C=O) groups is 1. The molecular formula is C14H19NO2. The molecule has 0 bridgehead atoms. The molecule has 0 aliphatic heterocycles. The second-order valence-electron chi connectivity index (χ2n) is 4.27. The molecule has 0 fully saturated rings. The quantitative estimate of drug-likeness (QED) is 0.768. The normalized spacial score (nSPS) is 11.9. The van der Waals surface area contributed by atoms with Crippen LogP contribution in [0.5, 0.6) is 0 Å². The van der Waals surface area contributed by atoms with E-state index in [-0.39, 0.29) is 0 Å². The van der Waals surface area contributed by atoms with Gasteiger partial charge in [0.25, 0.3) is 0 Å². The van der Waals surface area contributed by atoms with Gasteiger partial charge in [0.2, 0.25) is 0 Å². The number of anilines is 1. The first kappa shape index (κ1) is 13.3. The van der Waals surface area contributed by atoms with Crippen LogP contribution in [0.1, 0.15) is 12.5 Å². The molecule has 0 heterocycles. The van der Waals surface area contributed by atoms with Crippen molar-refractivity contribution in [3.8, 4) is 0 Å². The lowest BCUT2D eigenvalue weighted by Gasteiger charge is -2.25. The SMILES string of the molecule is C=CCN(CC(C)C(=O)O)c1cccc(C)c1. The van der Waals surface area contributed by atoms with Gasteiger partial charge >= 0.3 is 5.97 Å². The summed E-state index contributed by atoms with van der Waals surface area (Å²) in [6.07, 6.45) is 1.79. The van der Waals surface area contributed by atoms with Gasteiger partial charge in [0.05, 0.1) is 5.92 Å². The molecule has 0 aromatic heterocycles. The van der Waals surface area contributed by atoms with Crippen LogP contribution in [0.15, 0.2) is 36.9 Å². The maximum absolute atomic E-state index is 10.9. The van der Waals surface area contributed by atoms with Crippen LogP contribution in [0.3, 0.4) is 0 Å². The predicted molar refractivity (Wildman–Crippen MR) is 70.4 cm³/mol. The molecule has 1 unspecified atom stereocenters. The van der Waals surface area contributed by atoms with Crippen LogP contribution in [-0.2, 0) is 4.79 Å². The smallest absolute Gasteiger partial charge is 0.308 e. The van der Waals surface area contributed by atoms with Crippen molar-refractivity contribution in [2.45, 2.75) is 13.8 Å². The molecule has 3 nitrogen and oxygen atoms in total. The lowest BCUT2D eigenvalue weighted by molar-refractivity contribution is -0.140. The zero-order valence-corrected chi connectivity index (χ0v) is 10.4. The summed E-state index contributed by atoms with van der Waals surface area (Å²) in [6.45, 7) is 8.60. The van der Waals surface area contributed by atoms with E-state index in [1.54, 1.807) is 13.0 Å². The molecule has 1 aromatic rings. The monoisotopic (exact) mass is 233 g/mol. The number of aliphatic carboxylic acids is 1. The molecule has 1 aromatic carbocycles. The van der Waals surface area contributed by atoms with Crippen LogP contribution >= 0.6 is 0 Å². The van der Waals surface area contributed by atoms with Crippen molar-refractivity contribution in [2.75, 3.05) is 18.0 Å². The van der Waals surface area contributed by atoms with Crippen molar-refractivity contribution < 1.29 is 9.90 Å². The van der Waals surface area contributed by atoms with Crippen molar-refractivity contribution in [3.63, 3.8) is 0 Å². The highest BCUT2D eigenvalue weighted by Gasteiger charge is 2.15. The third-order valence-electron chi connectivity index (χ3n) is 2.63. The van der Waals surface area contributed by atoms with Crippen LogP contribution in [-0.4, -0.2) is 24.2 Å². The summed E-state index contributed by atoms with van der Waals surface area (Å²) in [5.41, 5.74) is 2.21. The van der Waals surface area contributed by atoms with Gasteiger partial charge in [0, 0.05) is 18.8 Å². The number of nitrogens with zero attached hydrogens (tertiary/aromatic N) is 1. The Labute approximate surface area is 102 Å². The minimum absolute atomic E-state index is 0.393. The van der Waals surface area contributed by atoms with Gasteiger partial charge in [-0.05, 0) is 24.6 Å². The van der Waals surface area contributed by atoms with Crippen LogP contribution in [0, 0.1) is 12.8 Å². The molecule has 1 rings (SSSR count). The van der Waals surface area contributed by atoms with Gasteiger partial charge in [0.1, 0.15) is 0 Å². The van der Waals surface area contributed by atoms with E-state index in [1.165, 1.54) is 5.56 Å². The zero-order valence-electron chi connectivity index (χ0n) is 10.4. The second kappa shape index (κ2) is 6.09. The summed E-state index contributed by atoms with van der Waals surface area (Å²) in [4.78, 5) is 12.9. The summed E-state index contributed by atoms with van der Waals surface area (Å²) >= 11 is 0. The maximum Gasteiger partial charge on any atom is 0.308 e. The average Bonchev–Trinajstić information content (AvgIpc) is 2.28. The number of hydrogen-bond donors (Lipinski definition) is 1. The molecular weight excluding hydrogens is 214 g/mol. The van der Waals surface area contributed by atoms with E-state index < -0.39 is 11.9 Å². The van der Waals surface area contributed by atoms with Gasteiger partial charge in [-0.25, -0.2) is 0 Å². The first-order valence-electron chi connectivity index (χ1n) is 5.70. The Balaban J connectivity index is 2.85. The van der Waals surface area contributed by atoms with Crippen LogP contribution in [0.25, 0.3) is 0 Å². The molecule has 92 valence electrons. The van der Waals surface area contributed by atoms with Crippen molar-refractivity contribution in [3.05, 3.63) is 42.5 Å². The van der Waals surface area contributed by atoms with Crippen LogP contribution in [0.2, 0.25) is 0 Å². The average molecular weight is 233 g/mol. The molecule has 0 aliphatic rings. The highest BCUT2D eigenvalue weighted by Crippen LogP contribution is 2.17. The first-order valence-corrected chi connectivity index (χ1v) is 5.70. The number of hydrogen-bond acceptors (Lipinski definition) is 2. The van der Waals surface area contributed by atoms with Gasteiger partial charge in [-0.15, -0.1) is 6.58 Å². The van der Waals surface area contributed by atoms with E-state index in [1.807, 2.05) is 30.0 Å². The van der Waals surface area contributed by atoms with E-state index >= 15 is 0 Å². The summed E-state index contributed by atoms with van der Waals surface area (Å²) in [5, 5.41) is 8.95. The predicted octanol–water partition coefficient (Wildman–Crippen LogP) is 2.71. The second-order valence-corrected chi connectivity index (χ2v) is 4.27. The van der Waals surface area contributed by atoms with Crippen LogP contribution in [0.4, 0.5) is 5.69 Å². The molecule has 0 saturated carbocycles. The standard InChI is InChI=1S/C14H19NO2/c1-4-8-15(10-12(3)14(16)17)13-7-5-6-11(2)9-13/h4-7,9,12H,1,8,10H2,2-3H3,(H,16,17). The number of carboxylic acid groups (broad SMARTS) is 1. The molecule has 0 aliphatic carbocycles. The van der Waals surface area contributed by atoms with Gasteiger partial charge in [0.15, 0.2) is 0 Å². The number of aryl methyl sites for hydroxylation is 1.